The van der Waals surface area contributed by atoms with Crippen LogP contribution in [-0.2, 0) is 4.79 Å². The third-order valence-corrected chi connectivity index (χ3v) is 5.92. The van der Waals surface area contributed by atoms with E-state index in [9.17, 15) is 18.0 Å². The second-order valence-corrected chi connectivity index (χ2v) is 8.29. The number of aromatic amines is 1. The van der Waals surface area contributed by atoms with Crippen molar-refractivity contribution in [1.29, 1.82) is 0 Å². The lowest BCUT2D eigenvalue weighted by molar-refractivity contribution is -0.118. The second-order valence-electron chi connectivity index (χ2n) is 8.29. The second kappa shape index (κ2) is 10.0. The summed E-state index contributed by atoms with van der Waals surface area (Å²) in [6.07, 6.45) is -0.136. The van der Waals surface area contributed by atoms with Crippen molar-refractivity contribution in [2.75, 3.05) is 5.32 Å². The number of alkyl halides is 2. The standard InChI is InChI=1S/C28H21F3N4O/c29-20-10-8-17(9-11-20)21(16-23(30)31)28(36)35-24-15-19(12-14-32-24)26-25(18-5-2-1-3-6-18)27-22(34-26)7-4-13-33-27/h1-15,21,23,34H,16H2,(H,32,35,36)/t21-/m1/s1. The Balaban J connectivity index is 1.50. The quantitative estimate of drug-likeness (QED) is 0.266. The van der Waals surface area contributed by atoms with Gasteiger partial charge in [0, 0.05) is 29.9 Å². The zero-order chi connectivity index (χ0) is 25.1. The van der Waals surface area contributed by atoms with Crippen molar-refractivity contribution in [1.82, 2.24) is 15.0 Å². The maximum absolute atomic E-state index is 13.3. The molecular weight excluding hydrogens is 465 g/mol. The summed E-state index contributed by atoms with van der Waals surface area (Å²) in [4.78, 5) is 25.2. The van der Waals surface area contributed by atoms with Gasteiger partial charge in [0.05, 0.1) is 22.6 Å². The van der Waals surface area contributed by atoms with Crippen LogP contribution >= 0.6 is 0 Å². The van der Waals surface area contributed by atoms with Crippen LogP contribution in [-0.4, -0.2) is 27.3 Å². The lowest BCUT2D eigenvalue weighted by Crippen LogP contribution is -2.23. The number of pyridine rings is 2. The largest absolute Gasteiger partial charge is 0.353 e. The summed E-state index contributed by atoms with van der Waals surface area (Å²) in [7, 11) is 0. The van der Waals surface area contributed by atoms with E-state index in [-0.39, 0.29) is 5.82 Å². The zero-order valence-corrected chi connectivity index (χ0v) is 19.0. The van der Waals surface area contributed by atoms with Gasteiger partial charge in [0.15, 0.2) is 0 Å². The van der Waals surface area contributed by atoms with Crippen LogP contribution in [0.1, 0.15) is 17.9 Å². The Labute approximate surface area is 205 Å². The van der Waals surface area contributed by atoms with Gasteiger partial charge in [0.2, 0.25) is 12.3 Å². The first-order valence-corrected chi connectivity index (χ1v) is 11.3. The molecule has 8 heteroatoms. The summed E-state index contributed by atoms with van der Waals surface area (Å²) in [5.41, 5.74) is 5.35. The van der Waals surface area contributed by atoms with Crippen LogP contribution in [0.15, 0.2) is 91.3 Å². The third-order valence-electron chi connectivity index (χ3n) is 5.92. The van der Waals surface area contributed by atoms with E-state index in [4.69, 9.17) is 0 Å². The molecule has 0 radical (unpaired) electrons. The van der Waals surface area contributed by atoms with Crippen LogP contribution < -0.4 is 5.32 Å². The van der Waals surface area contributed by atoms with Crippen molar-refractivity contribution in [2.45, 2.75) is 18.8 Å². The number of carbonyl (C=O) groups excluding carboxylic acids is 1. The fourth-order valence-corrected chi connectivity index (χ4v) is 4.26. The Morgan fingerprint density at radius 2 is 1.67 bits per heavy atom. The van der Waals surface area contributed by atoms with Gasteiger partial charge in [0.1, 0.15) is 11.6 Å². The maximum Gasteiger partial charge on any atom is 0.239 e. The number of anilines is 1. The molecule has 0 saturated heterocycles. The maximum atomic E-state index is 13.3. The monoisotopic (exact) mass is 486 g/mol. The number of halogens is 3. The van der Waals surface area contributed by atoms with Crippen molar-refractivity contribution in [3.63, 3.8) is 0 Å². The van der Waals surface area contributed by atoms with Gasteiger partial charge in [-0.2, -0.15) is 0 Å². The van der Waals surface area contributed by atoms with E-state index in [1.54, 1.807) is 24.5 Å². The average molecular weight is 486 g/mol. The molecule has 5 aromatic rings. The number of rotatable bonds is 7. The van der Waals surface area contributed by atoms with E-state index in [1.165, 1.54) is 12.1 Å². The minimum Gasteiger partial charge on any atom is -0.353 e. The van der Waals surface area contributed by atoms with Crippen molar-refractivity contribution in [3.8, 4) is 22.4 Å². The van der Waals surface area contributed by atoms with E-state index < -0.39 is 30.5 Å². The molecule has 5 nitrogen and oxygen atoms in total. The smallest absolute Gasteiger partial charge is 0.239 e. The molecule has 0 aliphatic heterocycles. The minimum atomic E-state index is -2.71. The highest BCUT2D eigenvalue weighted by Gasteiger charge is 2.25. The molecular formula is C28H21F3N4O. The van der Waals surface area contributed by atoms with Gasteiger partial charge in [-0.25, -0.2) is 18.2 Å². The van der Waals surface area contributed by atoms with Crippen LogP contribution in [0.2, 0.25) is 0 Å². The van der Waals surface area contributed by atoms with Crippen LogP contribution in [0.5, 0.6) is 0 Å². The number of fused-ring (bicyclic) bond motifs is 1. The third kappa shape index (κ3) is 4.84. The molecule has 3 aromatic heterocycles. The SMILES string of the molecule is O=C(Nc1cc(-c2[nH]c3cccnc3c2-c2ccccc2)ccn1)[C@H](CC(F)F)c1ccc(F)cc1. The van der Waals surface area contributed by atoms with Gasteiger partial charge < -0.3 is 10.3 Å². The number of carbonyl (C=O) groups is 1. The van der Waals surface area contributed by atoms with Gasteiger partial charge >= 0.3 is 0 Å². The van der Waals surface area contributed by atoms with Crippen molar-refractivity contribution >= 4 is 22.8 Å². The molecule has 1 amide bonds. The van der Waals surface area contributed by atoms with E-state index in [0.29, 0.717) is 5.56 Å². The molecule has 2 N–H and O–H groups in total. The number of nitrogens with zero attached hydrogens (tertiary/aromatic N) is 2. The number of aromatic nitrogens is 3. The molecule has 2 aromatic carbocycles. The number of benzene rings is 2. The van der Waals surface area contributed by atoms with Gasteiger partial charge in [-0.1, -0.05) is 42.5 Å². The first-order chi connectivity index (χ1) is 17.5. The molecule has 36 heavy (non-hydrogen) atoms. The highest BCUT2D eigenvalue weighted by Crippen LogP contribution is 2.37. The minimum absolute atomic E-state index is 0.213. The topological polar surface area (TPSA) is 70.7 Å². The number of H-pyrrole nitrogens is 1. The number of hydrogen-bond acceptors (Lipinski definition) is 3. The molecule has 0 aliphatic rings. The van der Waals surface area contributed by atoms with Crippen LogP contribution in [0.4, 0.5) is 19.0 Å². The van der Waals surface area contributed by atoms with E-state index in [1.807, 2.05) is 42.5 Å². The first kappa shape index (κ1) is 23.3. The molecule has 1 atom stereocenters. The summed E-state index contributed by atoms with van der Waals surface area (Å²) in [6, 6.07) is 22.0. The number of hydrogen-bond donors (Lipinski definition) is 2. The lowest BCUT2D eigenvalue weighted by Gasteiger charge is -2.17. The van der Waals surface area contributed by atoms with E-state index in [2.05, 4.69) is 20.3 Å². The Hall–Kier alpha value is -4.46. The normalized spacial score (nSPS) is 12.1. The van der Waals surface area contributed by atoms with Gasteiger partial charge in [-0.05, 0) is 47.5 Å². The van der Waals surface area contributed by atoms with Crippen LogP contribution in [0.25, 0.3) is 33.4 Å². The highest BCUT2D eigenvalue weighted by atomic mass is 19.3. The Morgan fingerprint density at radius 3 is 2.42 bits per heavy atom. The number of amides is 1. The molecule has 180 valence electrons. The molecule has 3 heterocycles. The summed E-state index contributed by atoms with van der Waals surface area (Å²) in [5.74, 6) is -2.10. The van der Waals surface area contributed by atoms with Crippen LogP contribution in [0, 0.1) is 5.82 Å². The average Bonchev–Trinajstić information content (AvgIpc) is 3.28. The first-order valence-electron chi connectivity index (χ1n) is 11.3. The molecule has 0 aliphatic carbocycles. The van der Waals surface area contributed by atoms with Gasteiger partial charge in [-0.15, -0.1) is 0 Å². The molecule has 0 bridgehead atoms. The summed E-state index contributed by atoms with van der Waals surface area (Å²) >= 11 is 0. The molecule has 0 fully saturated rings. The number of nitrogens with one attached hydrogen (secondary N) is 2. The predicted molar refractivity (Wildman–Crippen MR) is 133 cm³/mol. The summed E-state index contributed by atoms with van der Waals surface area (Å²) in [6.45, 7) is 0. The Morgan fingerprint density at radius 1 is 0.889 bits per heavy atom. The van der Waals surface area contributed by atoms with Crippen LogP contribution in [0.3, 0.4) is 0 Å². The predicted octanol–water partition coefficient (Wildman–Crippen LogP) is 6.81. The van der Waals surface area contributed by atoms with Crippen molar-refractivity contribution in [3.05, 3.63) is 103 Å². The molecule has 5 rings (SSSR count). The van der Waals surface area contributed by atoms with Gasteiger partial charge in [-0.3, -0.25) is 9.78 Å². The fraction of sp³-hybridized carbons (Fsp3) is 0.107. The van der Waals surface area contributed by atoms with Gasteiger partial charge in [0.25, 0.3) is 0 Å². The Kier molecular flexibility index (Phi) is 6.49. The van der Waals surface area contributed by atoms with E-state index >= 15 is 0 Å². The van der Waals surface area contributed by atoms with Crippen molar-refractivity contribution in [2.24, 2.45) is 0 Å². The van der Waals surface area contributed by atoms with Crippen molar-refractivity contribution < 1.29 is 18.0 Å². The highest BCUT2D eigenvalue weighted by molar-refractivity contribution is 6.02. The lowest BCUT2D eigenvalue weighted by atomic mass is 9.95. The molecule has 0 unspecified atom stereocenters. The van der Waals surface area contributed by atoms with E-state index in [0.717, 1.165) is 45.6 Å². The fourth-order valence-electron chi connectivity index (χ4n) is 4.26. The molecule has 0 saturated carbocycles. The zero-order valence-electron chi connectivity index (χ0n) is 19.0. The Bertz CT molecular complexity index is 1500. The summed E-state index contributed by atoms with van der Waals surface area (Å²) in [5, 5.41) is 2.66. The molecule has 0 spiro atoms. The summed E-state index contributed by atoms with van der Waals surface area (Å²) < 4.78 is 39.9.